The Labute approximate surface area is 106 Å². The number of rotatable bonds is 5. The number of carbonyl (C=O) groups excluding carboxylic acids is 1. The first-order valence-corrected chi connectivity index (χ1v) is 5.79. The summed E-state index contributed by atoms with van der Waals surface area (Å²) in [4.78, 5) is 13.4. The zero-order valence-electron chi connectivity index (χ0n) is 10.8. The lowest BCUT2D eigenvalue weighted by molar-refractivity contribution is -0.134. The molecule has 0 aromatic heterocycles. The second kappa shape index (κ2) is 6.44. The van der Waals surface area contributed by atoms with E-state index in [1.807, 2.05) is 6.92 Å². The van der Waals surface area contributed by atoms with E-state index in [-0.39, 0.29) is 18.4 Å². The molecule has 0 saturated carbocycles. The van der Waals surface area contributed by atoms with Crippen molar-refractivity contribution in [3.63, 3.8) is 0 Å². The van der Waals surface area contributed by atoms with Crippen LogP contribution in [-0.4, -0.2) is 31.4 Å². The maximum Gasteiger partial charge on any atom is 0.226 e. The number of nitrogens with one attached hydrogen (secondary N) is 1. The molecule has 18 heavy (non-hydrogen) atoms. The third-order valence-corrected chi connectivity index (χ3v) is 2.71. The van der Waals surface area contributed by atoms with Crippen molar-refractivity contribution in [3.05, 3.63) is 35.4 Å². The molecule has 1 aromatic rings. The minimum atomic E-state index is -0.892. The Bertz CT molecular complexity index is 423. The molecule has 3 nitrogen and oxygen atoms in total. The van der Waals surface area contributed by atoms with Gasteiger partial charge in [-0.3, -0.25) is 4.79 Å². The largest absolute Gasteiger partial charge is 0.341 e. The molecule has 1 rings (SSSR count). The Kier molecular flexibility index (Phi) is 5.22. The molecule has 100 valence electrons. The third kappa shape index (κ3) is 3.77. The smallest absolute Gasteiger partial charge is 0.226 e. The quantitative estimate of drug-likeness (QED) is 0.871. The van der Waals surface area contributed by atoms with Crippen molar-refractivity contribution in [1.29, 1.82) is 0 Å². The van der Waals surface area contributed by atoms with Gasteiger partial charge >= 0.3 is 0 Å². The highest BCUT2D eigenvalue weighted by Crippen LogP contribution is 2.11. The van der Waals surface area contributed by atoms with Crippen LogP contribution in [0.3, 0.4) is 0 Å². The van der Waals surface area contributed by atoms with Gasteiger partial charge in [-0.05, 0) is 24.7 Å². The lowest BCUT2D eigenvalue weighted by Gasteiger charge is -2.21. The molecule has 1 N–H and O–H groups in total. The summed E-state index contributed by atoms with van der Waals surface area (Å²) >= 11 is 0. The lowest BCUT2D eigenvalue weighted by Crippen LogP contribution is -2.35. The molecular weight excluding hydrogens is 238 g/mol. The standard InChI is InChI=1S/C13H18F2N2O/c1-9(7-16-2)13(18)17(3)8-10-4-5-11(14)12(15)6-10/h4-6,9,16H,7-8H2,1-3H3. The van der Waals surface area contributed by atoms with E-state index >= 15 is 0 Å². The van der Waals surface area contributed by atoms with Crippen LogP contribution in [0.25, 0.3) is 0 Å². The molecule has 0 fully saturated rings. The number of hydrogen-bond acceptors (Lipinski definition) is 2. The Morgan fingerprint density at radius 1 is 1.39 bits per heavy atom. The minimum absolute atomic E-state index is 0.0333. The highest BCUT2D eigenvalue weighted by molar-refractivity contribution is 5.78. The van der Waals surface area contributed by atoms with Crippen LogP contribution in [0.15, 0.2) is 18.2 Å². The van der Waals surface area contributed by atoms with Crippen molar-refractivity contribution in [2.75, 3.05) is 20.6 Å². The van der Waals surface area contributed by atoms with E-state index in [2.05, 4.69) is 5.32 Å². The molecule has 0 aliphatic heterocycles. The van der Waals surface area contributed by atoms with Gasteiger partial charge in [0.25, 0.3) is 0 Å². The molecule has 0 bridgehead atoms. The van der Waals surface area contributed by atoms with E-state index in [0.717, 1.165) is 12.1 Å². The van der Waals surface area contributed by atoms with Crippen molar-refractivity contribution < 1.29 is 13.6 Å². The fourth-order valence-corrected chi connectivity index (χ4v) is 1.76. The maximum absolute atomic E-state index is 13.0. The van der Waals surface area contributed by atoms with E-state index in [0.29, 0.717) is 12.1 Å². The van der Waals surface area contributed by atoms with Crippen LogP contribution in [0.5, 0.6) is 0 Å². The van der Waals surface area contributed by atoms with Gasteiger partial charge in [0.1, 0.15) is 0 Å². The average Bonchev–Trinajstić information content (AvgIpc) is 2.33. The topological polar surface area (TPSA) is 32.3 Å². The Morgan fingerprint density at radius 3 is 2.61 bits per heavy atom. The van der Waals surface area contributed by atoms with Gasteiger partial charge in [0, 0.05) is 26.1 Å². The van der Waals surface area contributed by atoms with E-state index in [1.54, 1.807) is 14.1 Å². The molecule has 0 heterocycles. The summed E-state index contributed by atoms with van der Waals surface area (Å²) in [5.74, 6) is -1.95. The Morgan fingerprint density at radius 2 is 2.06 bits per heavy atom. The van der Waals surface area contributed by atoms with E-state index in [9.17, 15) is 13.6 Å². The minimum Gasteiger partial charge on any atom is -0.341 e. The normalized spacial score (nSPS) is 12.3. The summed E-state index contributed by atoms with van der Waals surface area (Å²) in [6, 6.07) is 3.66. The van der Waals surface area contributed by atoms with Crippen LogP contribution >= 0.6 is 0 Å². The lowest BCUT2D eigenvalue weighted by atomic mass is 10.1. The number of nitrogens with zero attached hydrogens (tertiary/aromatic N) is 1. The Hall–Kier alpha value is -1.49. The van der Waals surface area contributed by atoms with Crippen molar-refractivity contribution in [1.82, 2.24) is 10.2 Å². The number of halogens is 2. The summed E-state index contributed by atoms with van der Waals surface area (Å²) in [5, 5.41) is 2.93. The van der Waals surface area contributed by atoms with Crippen LogP contribution in [0.2, 0.25) is 0 Å². The zero-order chi connectivity index (χ0) is 13.7. The summed E-state index contributed by atoms with van der Waals surface area (Å²) < 4.78 is 25.8. The third-order valence-electron chi connectivity index (χ3n) is 2.71. The molecule has 0 spiro atoms. The second-order valence-corrected chi connectivity index (χ2v) is 4.40. The highest BCUT2D eigenvalue weighted by Gasteiger charge is 2.17. The summed E-state index contributed by atoms with van der Waals surface area (Å²) in [6.45, 7) is 2.67. The summed E-state index contributed by atoms with van der Waals surface area (Å²) in [7, 11) is 3.43. The molecule has 1 aromatic carbocycles. The fraction of sp³-hybridized carbons (Fsp3) is 0.462. The molecule has 1 unspecified atom stereocenters. The first kappa shape index (κ1) is 14.6. The van der Waals surface area contributed by atoms with Crippen LogP contribution < -0.4 is 5.32 Å². The molecule has 0 aliphatic rings. The van der Waals surface area contributed by atoms with Gasteiger partial charge in [-0.2, -0.15) is 0 Å². The Balaban J connectivity index is 2.66. The van der Waals surface area contributed by atoms with Crippen LogP contribution in [0, 0.1) is 17.6 Å². The predicted molar refractivity (Wildman–Crippen MR) is 65.9 cm³/mol. The second-order valence-electron chi connectivity index (χ2n) is 4.40. The number of hydrogen-bond donors (Lipinski definition) is 1. The van der Waals surface area contributed by atoms with Crippen molar-refractivity contribution in [2.24, 2.45) is 5.92 Å². The first-order chi connectivity index (χ1) is 8.45. The van der Waals surface area contributed by atoms with Gasteiger partial charge in [-0.25, -0.2) is 8.78 Å². The van der Waals surface area contributed by atoms with E-state index in [1.165, 1.54) is 11.0 Å². The fourth-order valence-electron chi connectivity index (χ4n) is 1.76. The molecule has 0 saturated heterocycles. The van der Waals surface area contributed by atoms with Crippen LogP contribution in [0.4, 0.5) is 8.78 Å². The van der Waals surface area contributed by atoms with Gasteiger partial charge in [0.15, 0.2) is 11.6 Å². The van der Waals surface area contributed by atoms with Crippen molar-refractivity contribution in [3.8, 4) is 0 Å². The summed E-state index contributed by atoms with van der Waals surface area (Å²) in [5.41, 5.74) is 0.571. The van der Waals surface area contributed by atoms with Crippen molar-refractivity contribution >= 4 is 5.91 Å². The van der Waals surface area contributed by atoms with Gasteiger partial charge in [0.2, 0.25) is 5.91 Å². The van der Waals surface area contributed by atoms with Crippen LogP contribution in [0.1, 0.15) is 12.5 Å². The van der Waals surface area contributed by atoms with Gasteiger partial charge < -0.3 is 10.2 Å². The molecule has 5 heteroatoms. The highest BCUT2D eigenvalue weighted by atomic mass is 19.2. The SMILES string of the molecule is CNCC(C)C(=O)N(C)Cc1ccc(F)c(F)c1. The number of carbonyl (C=O) groups is 1. The van der Waals surface area contributed by atoms with Crippen molar-refractivity contribution in [2.45, 2.75) is 13.5 Å². The van der Waals surface area contributed by atoms with Gasteiger partial charge in [-0.1, -0.05) is 13.0 Å². The van der Waals surface area contributed by atoms with Gasteiger partial charge in [0.05, 0.1) is 0 Å². The van der Waals surface area contributed by atoms with Crippen LogP contribution in [-0.2, 0) is 11.3 Å². The maximum atomic E-state index is 13.0. The molecule has 0 aliphatic carbocycles. The molecular formula is C13H18F2N2O. The number of benzene rings is 1. The average molecular weight is 256 g/mol. The predicted octanol–water partition coefficient (Wildman–Crippen LogP) is 1.78. The van der Waals surface area contributed by atoms with E-state index in [4.69, 9.17) is 0 Å². The zero-order valence-corrected chi connectivity index (χ0v) is 10.8. The van der Waals surface area contributed by atoms with Gasteiger partial charge in [-0.15, -0.1) is 0 Å². The molecule has 1 amide bonds. The number of amides is 1. The monoisotopic (exact) mass is 256 g/mol. The molecule has 0 radical (unpaired) electrons. The first-order valence-electron chi connectivity index (χ1n) is 5.79. The molecule has 1 atom stereocenters. The van der Waals surface area contributed by atoms with E-state index < -0.39 is 11.6 Å². The summed E-state index contributed by atoms with van der Waals surface area (Å²) in [6.07, 6.45) is 0.